The molecule has 66 valence electrons. The van der Waals surface area contributed by atoms with Crippen LogP contribution in [0.25, 0.3) is 0 Å². The summed E-state index contributed by atoms with van der Waals surface area (Å²) in [7, 11) is 0.834. The molecule has 1 aromatic rings. The summed E-state index contributed by atoms with van der Waals surface area (Å²) in [5.74, 6) is -0.582. The summed E-state index contributed by atoms with van der Waals surface area (Å²) in [6, 6.07) is 6.74. The van der Waals surface area contributed by atoms with Gasteiger partial charge in [-0.2, -0.15) is 0 Å². The first-order valence-corrected chi connectivity index (χ1v) is 5.37. The smallest absolute Gasteiger partial charge is 0.268 e. The van der Waals surface area contributed by atoms with Crippen LogP contribution in [0.5, 0.6) is 0 Å². The van der Waals surface area contributed by atoms with Crippen LogP contribution in [0, 0.1) is 0 Å². The second-order valence-corrected chi connectivity index (χ2v) is 3.55. The van der Waals surface area contributed by atoms with Gasteiger partial charge in [-0.15, -0.1) is 0 Å². The van der Waals surface area contributed by atoms with Crippen LogP contribution in [0.3, 0.4) is 0 Å². The normalized spacial score (nSPS) is 15.0. The van der Waals surface area contributed by atoms with Crippen LogP contribution in [-0.4, -0.2) is 16.1 Å². The number of imide groups is 1. The van der Waals surface area contributed by atoms with E-state index in [4.69, 9.17) is 0 Å². The predicted molar refractivity (Wildman–Crippen MR) is 53.5 cm³/mol. The first-order valence-electron chi connectivity index (χ1n) is 3.55. The molecule has 0 fully saturated rings. The lowest BCUT2D eigenvalue weighted by Gasteiger charge is -2.05. The Morgan fingerprint density at radius 1 is 1.08 bits per heavy atom. The zero-order valence-corrected chi connectivity index (χ0v) is 8.14. The summed E-state index contributed by atoms with van der Waals surface area (Å²) >= 11 is 3.84. The largest absolute Gasteiger partial charge is 0.272 e. The quantitative estimate of drug-likeness (QED) is 0.333. The molecular weight excluding hydrogens is 206 g/mol. The van der Waals surface area contributed by atoms with Crippen molar-refractivity contribution in [3.05, 3.63) is 35.4 Å². The van der Waals surface area contributed by atoms with Gasteiger partial charge in [0.15, 0.2) is 0 Å². The highest BCUT2D eigenvalue weighted by Gasteiger charge is 2.35. The van der Waals surface area contributed by atoms with Gasteiger partial charge in [0.1, 0.15) is 0 Å². The van der Waals surface area contributed by atoms with Gasteiger partial charge in [0.25, 0.3) is 11.8 Å². The van der Waals surface area contributed by atoms with Crippen molar-refractivity contribution in [2.24, 2.45) is 0 Å². The van der Waals surface area contributed by atoms with Gasteiger partial charge in [0.2, 0.25) is 0 Å². The Morgan fingerprint density at radius 3 is 1.92 bits per heavy atom. The fourth-order valence-electron chi connectivity index (χ4n) is 1.24. The number of rotatable bonds is 1. The van der Waals surface area contributed by atoms with Crippen LogP contribution in [0.15, 0.2) is 24.3 Å². The third-order valence-electron chi connectivity index (χ3n) is 1.84. The minimum Gasteiger partial charge on any atom is -0.268 e. The fraction of sp³-hybridized carbons (Fsp3) is 0. The second-order valence-electron chi connectivity index (χ2n) is 2.53. The third-order valence-corrected chi connectivity index (χ3v) is 2.82. The van der Waals surface area contributed by atoms with Crippen LogP contribution in [-0.2, 0) is 0 Å². The average molecular weight is 211 g/mol. The number of hydrogen-bond acceptors (Lipinski definition) is 4. The summed E-state index contributed by atoms with van der Waals surface area (Å²) in [5, 5.41) is 0. The summed E-state index contributed by atoms with van der Waals surface area (Å²) in [5.41, 5.74) is 0.906. The number of thiol groups is 1. The highest BCUT2D eigenvalue weighted by molar-refractivity contribution is 8.67. The molecule has 0 saturated heterocycles. The van der Waals surface area contributed by atoms with E-state index in [2.05, 4.69) is 11.7 Å². The van der Waals surface area contributed by atoms with Crippen molar-refractivity contribution in [2.45, 2.75) is 0 Å². The molecule has 1 aliphatic heterocycles. The number of carbonyl (C=O) groups excluding carboxylic acids is 2. The number of amides is 2. The van der Waals surface area contributed by atoms with E-state index in [-0.39, 0.29) is 11.8 Å². The van der Waals surface area contributed by atoms with E-state index >= 15 is 0 Å². The summed E-state index contributed by atoms with van der Waals surface area (Å²) in [6.45, 7) is 0. The third kappa shape index (κ3) is 1.15. The van der Waals surface area contributed by atoms with Gasteiger partial charge >= 0.3 is 0 Å². The van der Waals surface area contributed by atoms with Crippen molar-refractivity contribution in [1.82, 2.24) is 4.31 Å². The molecule has 0 saturated carbocycles. The van der Waals surface area contributed by atoms with E-state index in [1.165, 1.54) is 0 Å². The first-order chi connectivity index (χ1) is 6.25. The van der Waals surface area contributed by atoms with Crippen LogP contribution in [0.4, 0.5) is 0 Å². The van der Waals surface area contributed by atoms with E-state index in [1.54, 1.807) is 24.3 Å². The van der Waals surface area contributed by atoms with Crippen molar-refractivity contribution < 1.29 is 9.59 Å². The second kappa shape index (κ2) is 3.08. The molecule has 13 heavy (non-hydrogen) atoms. The molecule has 0 spiro atoms. The zero-order chi connectivity index (χ0) is 9.42. The standard InChI is InChI=1S/C8H5NO2S2/c10-7-5-3-1-2-4-6(5)8(11)9(7)13-12/h1-4,12H. The monoisotopic (exact) mass is 211 g/mol. The summed E-state index contributed by atoms with van der Waals surface area (Å²) in [4.78, 5) is 22.9. The molecule has 0 bridgehead atoms. The van der Waals surface area contributed by atoms with Crippen LogP contribution < -0.4 is 0 Å². The van der Waals surface area contributed by atoms with E-state index in [0.29, 0.717) is 11.1 Å². The molecule has 0 atom stereocenters. The fourth-order valence-corrected chi connectivity index (χ4v) is 2.03. The van der Waals surface area contributed by atoms with E-state index in [1.807, 2.05) is 0 Å². The van der Waals surface area contributed by atoms with Crippen molar-refractivity contribution in [3.8, 4) is 0 Å². The average Bonchev–Trinajstić information content (AvgIpc) is 2.41. The Labute approximate surface area is 84.1 Å². The molecular formula is C8H5NO2S2. The maximum Gasteiger partial charge on any atom is 0.272 e. The lowest BCUT2D eigenvalue weighted by atomic mass is 10.1. The lowest BCUT2D eigenvalue weighted by molar-refractivity contribution is 0.0779. The minimum atomic E-state index is -0.291. The Bertz CT molecular complexity index is 356. The van der Waals surface area contributed by atoms with Gasteiger partial charge in [0.05, 0.1) is 11.1 Å². The topological polar surface area (TPSA) is 37.4 Å². The molecule has 0 N–H and O–H groups in total. The van der Waals surface area contributed by atoms with E-state index in [9.17, 15) is 9.59 Å². The molecule has 0 unspecified atom stereocenters. The minimum absolute atomic E-state index is 0.291. The Morgan fingerprint density at radius 2 is 1.54 bits per heavy atom. The van der Waals surface area contributed by atoms with Crippen molar-refractivity contribution in [2.75, 3.05) is 0 Å². The highest BCUT2D eigenvalue weighted by Crippen LogP contribution is 2.29. The number of carbonyl (C=O) groups is 2. The van der Waals surface area contributed by atoms with Gasteiger partial charge in [-0.25, -0.2) is 4.31 Å². The van der Waals surface area contributed by atoms with Gasteiger partial charge in [-0.05, 0) is 12.1 Å². The molecule has 1 aromatic carbocycles. The summed E-state index contributed by atoms with van der Waals surface area (Å²) < 4.78 is 1.04. The lowest BCUT2D eigenvalue weighted by Crippen LogP contribution is -2.20. The molecule has 2 amide bonds. The van der Waals surface area contributed by atoms with Crippen LogP contribution in [0.1, 0.15) is 20.7 Å². The molecule has 1 aliphatic rings. The van der Waals surface area contributed by atoms with Gasteiger partial charge in [-0.3, -0.25) is 9.59 Å². The molecule has 5 heteroatoms. The number of benzene rings is 1. The van der Waals surface area contributed by atoms with E-state index < -0.39 is 0 Å². The van der Waals surface area contributed by atoms with Gasteiger partial charge in [0, 0.05) is 11.0 Å². The highest BCUT2D eigenvalue weighted by atomic mass is 33.1. The predicted octanol–water partition coefficient (Wildman–Crippen LogP) is 1.78. The molecule has 3 nitrogen and oxygen atoms in total. The Hall–Kier alpha value is -0.940. The van der Waals surface area contributed by atoms with Crippen LogP contribution in [0.2, 0.25) is 0 Å². The van der Waals surface area contributed by atoms with Crippen molar-refractivity contribution >= 4 is 34.5 Å². The van der Waals surface area contributed by atoms with Gasteiger partial charge in [-0.1, -0.05) is 23.8 Å². The number of hydrogen-bond donors (Lipinski definition) is 1. The number of nitrogens with zero attached hydrogens (tertiary/aromatic N) is 1. The molecule has 0 aliphatic carbocycles. The van der Waals surface area contributed by atoms with Crippen molar-refractivity contribution in [1.29, 1.82) is 0 Å². The Kier molecular flexibility index (Phi) is 2.05. The maximum absolute atomic E-state index is 11.5. The van der Waals surface area contributed by atoms with E-state index in [0.717, 1.165) is 15.3 Å². The zero-order valence-electron chi connectivity index (χ0n) is 6.43. The molecule has 0 aromatic heterocycles. The Balaban J connectivity index is 2.57. The maximum atomic E-state index is 11.5. The number of fused-ring (bicyclic) bond motifs is 1. The SMILES string of the molecule is O=C1c2ccccc2C(=O)N1SS. The molecule has 0 radical (unpaired) electrons. The van der Waals surface area contributed by atoms with Crippen molar-refractivity contribution in [3.63, 3.8) is 0 Å². The van der Waals surface area contributed by atoms with Gasteiger partial charge < -0.3 is 0 Å². The summed E-state index contributed by atoms with van der Waals surface area (Å²) in [6.07, 6.45) is 0. The molecule has 2 rings (SSSR count). The molecule has 1 heterocycles. The first kappa shape index (κ1) is 8.65. The van der Waals surface area contributed by atoms with Crippen LogP contribution >= 0.6 is 22.6 Å².